The van der Waals surface area contributed by atoms with Gasteiger partial charge >= 0.3 is 0 Å². The van der Waals surface area contributed by atoms with Crippen LogP contribution in [0.15, 0.2) is 67.0 Å². The summed E-state index contributed by atoms with van der Waals surface area (Å²) in [7, 11) is 0. The van der Waals surface area contributed by atoms with E-state index in [0.717, 1.165) is 21.7 Å². The van der Waals surface area contributed by atoms with Crippen molar-refractivity contribution in [2.24, 2.45) is 0 Å². The fourth-order valence-electron chi connectivity index (χ4n) is 3.26. The Labute approximate surface area is 163 Å². The summed E-state index contributed by atoms with van der Waals surface area (Å²) in [5, 5.41) is 6.05. The standard InChI is InChI=1S/C23H21N3O2/c1-15(2)28-23-17(8-5-12-25-23)14-26-22(27)20-13-16-7-3-4-9-18(16)19-10-6-11-24-21(19)20/h3-13,15H,14H2,1-2H3,(H,26,27). The van der Waals surface area contributed by atoms with Gasteiger partial charge in [0.25, 0.3) is 5.91 Å². The van der Waals surface area contributed by atoms with Crippen molar-refractivity contribution in [2.75, 3.05) is 0 Å². The summed E-state index contributed by atoms with van der Waals surface area (Å²) >= 11 is 0. The van der Waals surface area contributed by atoms with Gasteiger partial charge in [0.15, 0.2) is 0 Å². The van der Waals surface area contributed by atoms with Gasteiger partial charge in [-0.05, 0) is 42.8 Å². The first kappa shape index (κ1) is 17.9. The number of fused-ring (bicyclic) bond motifs is 3. The number of hydrogen-bond donors (Lipinski definition) is 1. The van der Waals surface area contributed by atoms with Crippen LogP contribution in [0.1, 0.15) is 29.8 Å². The molecule has 1 N–H and O–H groups in total. The summed E-state index contributed by atoms with van der Waals surface area (Å²) in [5.74, 6) is 0.369. The minimum atomic E-state index is -0.172. The lowest BCUT2D eigenvalue weighted by molar-refractivity contribution is 0.0952. The Hall–Kier alpha value is -3.47. The predicted octanol–water partition coefficient (Wildman–Crippen LogP) is 4.50. The molecule has 0 aliphatic rings. The van der Waals surface area contributed by atoms with Crippen molar-refractivity contribution in [2.45, 2.75) is 26.5 Å². The molecule has 5 nitrogen and oxygen atoms in total. The highest BCUT2D eigenvalue weighted by atomic mass is 16.5. The van der Waals surface area contributed by atoms with Gasteiger partial charge in [-0.25, -0.2) is 4.98 Å². The molecule has 0 bridgehead atoms. The normalized spacial score (nSPS) is 11.1. The molecule has 4 rings (SSSR count). The van der Waals surface area contributed by atoms with Crippen LogP contribution in [0.2, 0.25) is 0 Å². The number of nitrogens with zero attached hydrogens (tertiary/aromatic N) is 2. The maximum atomic E-state index is 13.0. The molecule has 140 valence electrons. The largest absolute Gasteiger partial charge is 0.475 e. The number of carbonyl (C=O) groups excluding carboxylic acids is 1. The SMILES string of the molecule is CC(C)Oc1ncccc1CNC(=O)c1cc2ccccc2c2cccnc12. The molecule has 2 aromatic carbocycles. The zero-order chi connectivity index (χ0) is 19.5. The second-order valence-electron chi connectivity index (χ2n) is 6.86. The summed E-state index contributed by atoms with van der Waals surface area (Å²) in [6.45, 7) is 4.23. The van der Waals surface area contributed by atoms with E-state index in [2.05, 4.69) is 15.3 Å². The number of aromatic nitrogens is 2. The molecule has 0 aliphatic heterocycles. The van der Waals surface area contributed by atoms with Crippen LogP contribution in [0.4, 0.5) is 0 Å². The quantitative estimate of drug-likeness (QED) is 0.525. The third-order valence-electron chi connectivity index (χ3n) is 4.49. The van der Waals surface area contributed by atoms with E-state index in [1.807, 2.05) is 68.4 Å². The molecule has 1 amide bonds. The van der Waals surface area contributed by atoms with Crippen molar-refractivity contribution in [1.29, 1.82) is 0 Å². The van der Waals surface area contributed by atoms with Gasteiger partial charge in [0, 0.05) is 29.9 Å². The Morgan fingerprint density at radius 1 is 1.00 bits per heavy atom. The molecule has 4 aromatic rings. The molecule has 0 fully saturated rings. The van der Waals surface area contributed by atoms with Crippen molar-refractivity contribution in [1.82, 2.24) is 15.3 Å². The molecule has 0 saturated carbocycles. The summed E-state index contributed by atoms with van der Waals surface area (Å²) in [4.78, 5) is 21.7. The van der Waals surface area contributed by atoms with E-state index in [4.69, 9.17) is 4.74 Å². The van der Waals surface area contributed by atoms with Crippen LogP contribution in [0.3, 0.4) is 0 Å². The van der Waals surface area contributed by atoms with E-state index in [-0.39, 0.29) is 12.0 Å². The summed E-state index contributed by atoms with van der Waals surface area (Å²) in [6.07, 6.45) is 3.41. The molecule has 28 heavy (non-hydrogen) atoms. The molecule has 0 atom stereocenters. The Kier molecular flexibility index (Phi) is 4.89. The number of nitrogens with one attached hydrogen (secondary N) is 1. The molecule has 0 spiro atoms. The van der Waals surface area contributed by atoms with Crippen molar-refractivity contribution in [3.63, 3.8) is 0 Å². The van der Waals surface area contributed by atoms with Gasteiger partial charge in [0.2, 0.25) is 5.88 Å². The highest BCUT2D eigenvalue weighted by Crippen LogP contribution is 2.27. The van der Waals surface area contributed by atoms with E-state index in [1.54, 1.807) is 12.4 Å². The van der Waals surface area contributed by atoms with Crippen LogP contribution in [0.5, 0.6) is 5.88 Å². The van der Waals surface area contributed by atoms with Crippen LogP contribution in [0.25, 0.3) is 21.7 Å². The summed E-state index contributed by atoms with van der Waals surface area (Å²) in [6, 6.07) is 17.5. The van der Waals surface area contributed by atoms with Gasteiger partial charge in [-0.1, -0.05) is 36.4 Å². The maximum absolute atomic E-state index is 13.0. The number of rotatable bonds is 5. The number of pyridine rings is 2. The Morgan fingerprint density at radius 3 is 2.61 bits per heavy atom. The third-order valence-corrected chi connectivity index (χ3v) is 4.49. The molecule has 2 heterocycles. The van der Waals surface area contributed by atoms with Crippen molar-refractivity contribution in [3.8, 4) is 5.88 Å². The van der Waals surface area contributed by atoms with E-state index >= 15 is 0 Å². The van der Waals surface area contributed by atoms with Crippen LogP contribution in [-0.4, -0.2) is 22.0 Å². The average Bonchev–Trinajstić information content (AvgIpc) is 2.72. The molecule has 0 unspecified atom stereocenters. The van der Waals surface area contributed by atoms with Gasteiger partial charge < -0.3 is 10.1 Å². The average molecular weight is 371 g/mol. The molecule has 0 saturated heterocycles. The zero-order valence-corrected chi connectivity index (χ0v) is 15.8. The van der Waals surface area contributed by atoms with Gasteiger partial charge in [-0.3, -0.25) is 9.78 Å². The number of hydrogen-bond acceptors (Lipinski definition) is 4. The first-order valence-electron chi connectivity index (χ1n) is 9.28. The smallest absolute Gasteiger partial charge is 0.253 e. The van der Waals surface area contributed by atoms with E-state index in [0.29, 0.717) is 23.5 Å². The Morgan fingerprint density at radius 2 is 1.75 bits per heavy atom. The lowest BCUT2D eigenvalue weighted by Crippen LogP contribution is -2.24. The lowest BCUT2D eigenvalue weighted by atomic mass is 10.0. The Balaban J connectivity index is 1.66. The Bertz CT molecular complexity index is 1150. The first-order valence-corrected chi connectivity index (χ1v) is 9.28. The van der Waals surface area contributed by atoms with Crippen molar-refractivity contribution in [3.05, 3.63) is 78.1 Å². The van der Waals surface area contributed by atoms with E-state index in [9.17, 15) is 4.79 Å². The fraction of sp³-hybridized carbons (Fsp3) is 0.174. The van der Waals surface area contributed by atoms with Crippen LogP contribution in [-0.2, 0) is 6.54 Å². The topological polar surface area (TPSA) is 64.1 Å². The minimum Gasteiger partial charge on any atom is -0.475 e. The molecule has 0 aliphatic carbocycles. The molecule has 0 radical (unpaired) electrons. The van der Waals surface area contributed by atoms with Gasteiger partial charge in [-0.15, -0.1) is 0 Å². The van der Waals surface area contributed by atoms with E-state index in [1.165, 1.54) is 0 Å². The minimum absolute atomic E-state index is 0.0120. The van der Waals surface area contributed by atoms with Crippen LogP contribution < -0.4 is 10.1 Å². The summed E-state index contributed by atoms with van der Waals surface area (Å²) in [5.41, 5.74) is 2.09. The highest BCUT2D eigenvalue weighted by molar-refractivity contribution is 6.15. The van der Waals surface area contributed by atoms with Gasteiger partial charge in [0.05, 0.1) is 17.2 Å². The summed E-state index contributed by atoms with van der Waals surface area (Å²) < 4.78 is 5.74. The number of benzene rings is 2. The van der Waals surface area contributed by atoms with Gasteiger partial charge in [-0.2, -0.15) is 0 Å². The highest BCUT2D eigenvalue weighted by Gasteiger charge is 2.15. The molecular weight excluding hydrogens is 350 g/mol. The zero-order valence-electron chi connectivity index (χ0n) is 15.8. The van der Waals surface area contributed by atoms with Crippen molar-refractivity contribution >= 4 is 27.6 Å². The van der Waals surface area contributed by atoms with Crippen LogP contribution >= 0.6 is 0 Å². The van der Waals surface area contributed by atoms with Crippen LogP contribution in [0, 0.1) is 0 Å². The predicted molar refractivity (Wildman–Crippen MR) is 110 cm³/mol. The number of amides is 1. The van der Waals surface area contributed by atoms with Gasteiger partial charge in [0.1, 0.15) is 0 Å². The molecular formula is C23H21N3O2. The fourth-order valence-corrected chi connectivity index (χ4v) is 3.26. The third kappa shape index (κ3) is 3.51. The maximum Gasteiger partial charge on any atom is 0.253 e. The second kappa shape index (κ2) is 7.64. The second-order valence-corrected chi connectivity index (χ2v) is 6.86. The number of carbonyl (C=O) groups is 1. The van der Waals surface area contributed by atoms with Crippen molar-refractivity contribution < 1.29 is 9.53 Å². The van der Waals surface area contributed by atoms with E-state index < -0.39 is 0 Å². The lowest BCUT2D eigenvalue weighted by Gasteiger charge is -2.14. The molecule has 5 heteroatoms. The first-order chi connectivity index (χ1) is 13.6. The number of ether oxygens (including phenoxy) is 1. The molecule has 2 aromatic heterocycles. The monoisotopic (exact) mass is 371 g/mol.